The molecule has 1 heterocycles. The number of ether oxygens (including phenoxy) is 1. The van der Waals surface area contributed by atoms with Crippen LogP contribution in [-0.2, 0) is 4.74 Å². The van der Waals surface area contributed by atoms with Gasteiger partial charge in [-0.3, -0.25) is 9.59 Å². The minimum absolute atomic E-state index is 0.00532. The number of carbonyl (C=O) groups is 2. The van der Waals surface area contributed by atoms with E-state index in [0.717, 1.165) is 12.8 Å². The van der Waals surface area contributed by atoms with Crippen molar-refractivity contribution in [3.63, 3.8) is 0 Å². The van der Waals surface area contributed by atoms with Crippen LogP contribution in [0, 0.1) is 0 Å². The Labute approximate surface area is 111 Å². The third-order valence-corrected chi connectivity index (χ3v) is 4.64. The zero-order valence-corrected chi connectivity index (χ0v) is 10.7. The van der Waals surface area contributed by atoms with E-state index in [0.29, 0.717) is 28.7 Å². The second-order valence-electron chi connectivity index (χ2n) is 5.45. The number of hydrogen-bond donors (Lipinski definition) is 0. The number of ketones is 2. The van der Waals surface area contributed by atoms with Gasteiger partial charge in [0, 0.05) is 22.3 Å². The van der Waals surface area contributed by atoms with Crippen molar-refractivity contribution in [2.24, 2.45) is 0 Å². The average molecular weight is 254 g/mol. The van der Waals surface area contributed by atoms with Crippen LogP contribution in [0.3, 0.4) is 0 Å². The van der Waals surface area contributed by atoms with E-state index >= 15 is 0 Å². The first kappa shape index (κ1) is 11.1. The Morgan fingerprint density at radius 3 is 2.58 bits per heavy atom. The van der Waals surface area contributed by atoms with Gasteiger partial charge in [0.1, 0.15) is 5.60 Å². The number of epoxide rings is 1. The molecule has 3 heteroatoms. The first-order valence-electron chi connectivity index (χ1n) is 6.79. The van der Waals surface area contributed by atoms with Gasteiger partial charge in [-0.2, -0.15) is 0 Å². The van der Waals surface area contributed by atoms with E-state index in [-0.39, 0.29) is 17.7 Å². The summed E-state index contributed by atoms with van der Waals surface area (Å²) >= 11 is 0. The number of fused-ring (bicyclic) bond motifs is 3. The molecule has 0 bridgehead atoms. The Balaban J connectivity index is 1.96. The number of Topliss-reactive ketones (excluding diaryl/α,β-unsaturated/α-hetero) is 2. The van der Waals surface area contributed by atoms with Crippen molar-refractivity contribution >= 4 is 11.6 Å². The van der Waals surface area contributed by atoms with Crippen LogP contribution in [0.1, 0.15) is 46.9 Å². The van der Waals surface area contributed by atoms with Gasteiger partial charge in [-0.15, -0.1) is 0 Å². The van der Waals surface area contributed by atoms with Crippen molar-refractivity contribution < 1.29 is 14.3 Å². The Hall–Kier alpha value is -1.74. The van der Waals surface area contributed by atoms with E-state index in [4.69, 9.17) is 4.74 Å². The molecule has 2 unspecified atom stereocenters. The molecule has 0 amide bonds. The zero-order chi connectivity index (χ0) is 13.2. The second-order valence-corrected chi connectivity index (χ2v) is 5.45. The maximum Gasteiger partial charge on any atom is 0.193 e. The van der Waals surface area contributed by atoms with Crippen LogP contribution in [0.5, 0.6) is 0 Å². The van der Waals surface area contributed by atoms with Crippen LogP contribution in [0.2, 0.25) is 0 Å². The molecule has 0 radical (unpaired) electrons. The molecule has 0 spiro atoms. The summed E-state index contributed by atoms with van der Waals surface area (Å²) in [7, 11) is 0. The predicted molar refractivity (Wildman–Crippen MR) is 69.3 cm³/mol. The lowest BCUT2D eigenvalue weighted by Gasteiger charge is -2.27. The Morgan fingerprint density at radius 2 is 1.89 bits per heavy atom. The SMILES string of the molecule is CCC12OC1CCC1=C2C(=O)c2ccccc2C1=O. The standard InChI is InChI=1S/C16H14O3/c1-2-16-12(19-16)8-7-11-13(16)15(18)10-6-4-3-5-9(10)14(11)17/h3-6,12H,2,7-8H2,1H3. The van der Waals surface area contributed by atoms with E-state index < -0.39 is 5.60 Å². The molecule has 0 aromatic heterocycles. The number of carbonyl (C=O) groups excluding carboxylic acids is 2. The molecule has 1 saturated heterocycles. The third-order valence-electron chi connectivity index (χ3n) is 4.64. The van der Waals surface area contributed by atoms with Crippen molar-refractivity contribution in [2.75, 3.05) is 0 Å². The molecule has 4 rings (SSSR count). The molecule has 19 heavy (non-hydrogen) atoms. The van der Waals surface area contributed by atoms with Crippen molar-refractivity contribution in [2.45, 2.75) is 37.9 Å². The third kappa shape index (κ3) is 1.21. The van der Waals surface area contributed by atoms with E-state index in [1.54, 1.807) is 12.1 Å². The lowest BCUT2D eigenvalue weighted by atomic mass is 9.71. The minimum atomic E-state index is -0.464. The zero-order valence-electron chi connectivity index (χ0n) is 10.7. The normalized spacial score (nSPS) is 31.7. The molecular formula is C16H14O3. The molecule has 0 N–H and O–H groups in total. The van der Waals surface area contributed by atoms with Crippen molar-refractivity contribution in [1.29, 1.82) is 0 Å². The molecule has 1 aromatic carbocycles. The van der Waals surface area contributed by atoms with Gasteiger partial charge in [0.25, 0.3) is 0 Å². The van der Waals surface area contributed by atoms with Gasteiger partial charge in [0.15, 0.2) is 11.6 Å². The fourth-order valence-electron chi connectivity index (χ4n) is 3.61. The largest absolute Gasteiger partial charge is 0.361 e. The van der Waals surface area contributed by atoms with E-state index in [1.807, 2.05) is 19.1 Å². The topological polar surface area (TPSA) is 46.7 Å². The highest BCUT2D eigenvalue weighted by molar-refractivity contribution is 6.28. The van der Waals surface area contributed by atoms with Crippen molar-refractivity contribution in [3.05, 3.63) is 46.5 Å². The summed E-state index contributed by atoms with van der Waals surface area (Å²) in [5.41, 5.74) is 1.97. The summed E-state index contributed by atoms with van der Waals surface area (Å²) in [6, 6.07) is 7.11. The van der Waals surface area contributed by atoms with Crippen molar-refractivity contribution in [3.8, 4) is 0 Å². The van der Waals surface area contributed by atoms with Crippen LogP contribution in [0.25, 0.3) is 0 Å². The van der Waals surface area contributed by atoms with Gasteiger partial charge >= 0.3 is 0 Å². The maximum atomic E-state index is 12.7. The molecule has 1 aromatic rings. The van der Waals surface area contributed by atoms with E-state index in [2.05, 4.69) is 0 Å². The van der Waals surface area contributed by atoms with Crippen LogP contribution in [0.15, 0.2) is 35.4 Å². The molecule has 3 aliphatic rings. The number of hydrogen-bond acceptors (Lipinski definition) is 3. The summed E-state index contributed by atoms with van der Waals surface area (Å²) in [4.78, 5) is 25.3. The monoisotopic (exact) mass is 254 g/mol. The summed E-state index contributed by atoms with van der Waals surface area (Å²) in [6.07, 6.45) is 2.42. The maximum absolute atomic E-state index is 12.7. The number of benzene rings is 1. The van der Waals surface area contributed by atoms with Gasteiger partial charge in [-0.05, 0) is 19.3 Å². The fraction of sp³-hybridized carbons (Fsp3) is 0.375. The van der Waals surface area contributed by atoms with E-state index in [1.165, 1.54) is 0 Å². The van der Waals surface area contributed by atoms with Crippen LogP contribution >= 0.6 is 0 Å². The molecular weight excluding hydrogens is 240 g/mol. The first-order chi connectivity index (χ1) is 9.19. The molecule has 96 valence electrons. The lowest BCUT2D eigenvalue weighted by molar-refractivity contribution is 0.0955. The number of allylic oxidation sites excluding steroid dienone is 1. The molecule has 1 aliphatic heterocycles. The molecule has 3 nitrogen and oxygen atoms in total. The van der Waals surface area contributed by atoms with Gasteiger partial charge < -0.3 is 4.74 Å². The number of rotatable bonds is 1. The Morgan fingerprint density at radius 1 is 1.21 bits per heavy atom. The Kier molecular flexibility index (Phi) is 2.00. The Bertz CT molecular complexity index is 656. The lowest BCUT2D eigenvalue weighted by Crippen LogP contribution is -2.34. The quantitative estimate of drug-likeness (QED) is 0.724. The summed E-state index contributed by atoms with van der Waals surface area (Å²) in [5, 5.41) is 0. The molecule has 0 saturated carbocycles. The summed E-state index contributed by atoms with van der Waals surface area (Å²) in [5.74, 6) is 0.0150. The smallest absolute Gasteiger partial charge is 0.193 e. The minimum Gasteiger partial charge on any atom is -0.361 e. The summed E-state index contributed by atoms with van der Waals surface area (Å²) in [6.45, 7) is 2.02. The second kappa shape index (κ2) is 3.42. The first-order valence-corrected chi connectivity index (χ1v) is 6.79. The summed E-state index contributed by atoms with van der Waals surface area (Å²) < 4.78 is 5.79. The molecule has 2 aliphatic carbocycles. The highest BCUT2D eigenvalue weighted by atomic mass is 16.6. The molecule has 1 fully saturated rings. The average Bonchev–Trinajstić information content (AvgIpc) is 3.19. The van der Waals surface area contributed by atoms with Gasteiger partial charge in [0.2, 0.25) is 0 Å². The van der Waals surface area contributed by atoms with Crippen LogP contribution < -0.4 is 0 Å². The highest BCUT2D eigenvalue weighted by Gasteiger charge is 2.63. The van der Waals surface area contributed by atoms with Crippen LogP contribution in [0.4, 0.5) is 0 Å². The van der Waals surface area contributed by atoms with Crippen LogP contribution in [-0.4, -0.2) is 23.3 Å². The van der Waals surface area contributed by atoms with Crippen molar-refractivity contribution in [1.82, 2.24) is 0 Å². The van der Waals surface area contributed by atoms with E-state index in [9.17, 15) is 9.59 Å². The highest BCUT2D eigenvalue weighted by Crippen LogP contribution is 2.55. The molecule has 2 atom stereocenters. The predicted octanol–water partition coefficient (Wildman–Crippen LogP) is 2.70. The van der Waals surface area contributed by atoms with Gasteiger partial charge in [0.05, 0.1) is 6.10 Å². The van der Waals surface area contributed by atoms with Gasteiger partial charge in [-0.1, -0.05) is 31.2 Å². The fourth-order valence-corrected chi connectivity index (χ4v) is 3.61. The van der Waals surface area contributed by atoms with Gasteiger partial charge in [-0.25, -0.2) is 0 Å².